The molecule has 0 saturated carbocycles. The molecule has 0 bridgehead atoms. The van der Waals surface area contributed by atoms with Crippen molar-refractivity contribution in [3.05, 3.63) is 42.2 Å². The third kappa shape index (κ3) is 2.81. The van der Waals surface area contributed by atoms with Crippen LogP contribution in [0.25, 0.3) is 0 Å². The average Bonchev–Trinajstić information content (AvgIpc) is 2.89. The first-order valence-electron chi connectivity index (χ1n) is 5.19. The summed E-state index contributed by atoms with van der Waals surface area (Å²) in [6, 6.07) is 3.51. The van der Waals surface area contributed by atoms with Crippen LogP contribution in [0, 0.1) is 0 Å². The van der Waals surface area contributed by atoms with E-state index in [2.05, 4.69) is 25.6 Å². The number of pyridine rings is 1. The van der Waals surface area contributed by atoms with Crippen LogP contribution in [-0.2, 0) is 6.54 Å². The predicted octanol–water partition coefficient (Wildman–Crippen LogP) is 0.776. The number of hydrogen-bond acceptors (Lipinski definition) is 4. The highest BCUT2D eigenvalue weighted by molar-refractivity contribution is 5.92. The highest BCUT2D eigenvalue weighted by atomic mass is 16.1. The van der Waals surface area contributed by atoms with Crippen LogP contribution in [0.1, 0.15) is 16.2 Å². The molecule has 6 heteroatoms. The fraction of sp³-hybridized carbons (Fsp3) is 0.182. The molecule has 0 fully saturated rings. The van der Waals surface area contributed by atoms with Gasteiger partial charge in [-0.05, 0) is 12.1 Å². The van der Waals surface area contributed by atoms with Gasteiger partial charge < -0.3 is 15.6 Å². The summed E-state index contributed by atoms with van der Waals surface area (Å²) in [6.45, 7) is 0.622. The summed E-state index contributed by atoms with van der Waals surface area (Å²) in [5.74, 6) is -0.199. The van der Waals surface area contributed by atoms with Gasteiger partial charge in [-0.25, -0.2) is 4.98 Å². The molecule has 0 aliphatic heterocycles. The number of imidazole rings is 1. The molecule has 2 aromatic rings. The third-order valence-electron chi connectivity index (χ3n) is 2.26. The number of nitrogens with one attached hydrogen (secondary N) is 3. The van der Waals surface area contributed by atoms with Gasteiger partial charge in [0.1, 0.15) is 5.69 Å². The molecule has 0 aromatic carbocycles. The molecular weight excluding hydrogens is 218 g/mol. The minimum atomic E-state index is -0.199. The molecule has 2 heterocycles. The zero-order chi connectivity index (χ0) is 12.1. The van der Waals surface area contributed by atoms with Gasteiger partial charge in [-0.3, -0.25) is 9.78 Å². The molecule has 2 aromatic heterocycles. The van der Waals surface area contributed by atoms with Crippen LogP contribution in [0.15, 0.2) is 30.9 Å². The highest BCUT2D eigenvalue weighted by Gasteiger charge is 2.05. The van der Waals surface area contributed by atoms with Gasteiger partial charge >= 0.3 is 0 Å². The largest absolute Gasteiger partial charge is 0.379 e. The summed E-state index contributed by atoms with van der Waals surface area (Å²) in [7, 11) is 1.58. The lowest BCUT2D eigenvalue weighted by atomic mass is 10.3. The summed E-state index contributed by atoms with van der Waals surface area (Å²) in [5, 5.41) is 5.71. The molecule has 0 radical (unpaired) electrons. The van der Waals surface area contributed by atoms with Gasteiger partial charge in [-0.2, -0.15) is 0 Å². The van der Waals surface area contributed by atoms with Crippen LogP contribution in [0.5, 0.6) is 0 Å². The number of rotatable bonds is 4. The van der Waals surface area contributed by atoms with Crippen LogP contribution in [0.4, 0.5) is 5.69 Å². The Hall–Kier alpha value is -2.37. The second kappa shape index (κ2) is 5.11. The molecule has 88 valence electrons. The molecule has 0 aliphatic rings. The number of aromatic nitrogens is 3. The SMILES string of the molecule is CNC(=O)c1cc(NCc2cnc[nH]2)ccn1. The number of carbonyl (C=O) groups is 1. The lowest BCUT2D eigenvalue weighted by Crippen LogP contribution is -2.19. The monoisotopic (exact) mass is 231 g/mol. The molecule has 2 rings (SSSR count). The van der Waals surface area contributed by atoms with E-state index in [9.17, 15) is 4.79 Å². The van der Waals surface area contributed by atoms with Gasteiger partial charge in [0.25, 0.3) is 5.91 Å². The molecule has 0 spiro atoms. The van der Waals surface area contributed by atoms with Crippen molar-refractivity contribution in [2.45, 2.75) is 6.54 Å². The highest BCUT2D eigenvalue weighted by Crippen LogP contribution is 2.09. The lowest BCUT2D eigenvalue weighted by Gasteiger charge is -2.06. The Labute approximate surface area is 98.5 Å². The van der Waals surface area contributed by atoms with Crippen molar-refractivity contribution < 1.29 is 4.79 Å². The Morgan fingerprint density at radius 3 is 3.12 bits per heavy atom. The fourth-order valence-corrected chi connectivity index (χ4v) is 1.37. The maximum atomic E-state index is 11.4. The number of nitrogens with zero attached hydrogens (tertiary/aromatic N) is 2. The molecular formula is C11H13N5O. The second-order valence-electron chi connectivity index (χ2n) is 3.44. The lowest BCUT2D eigenvalue weighted by molar-refractivity contribution is 0.0958. The Morgan fingerprint density at radius 2 is 2.41 bits per heavy atom. The molecule has 17 heavy (non-hydrogen) atoms. The van der Waals surface area contributed by atoms with Crippen molar-refractivity contribution in [1.29, 1.82) is 0 Å². The third-order valence-corrected chi connectivity index (χ3v) is 2.26. The maximum absolute atomic E-state index is 11.4. The standard InChI is InChI=1S/C11H13N5O/c1-12-11(17)10-4-8(2-3-14-10)15-6-9-5-13-7-16-9/h2-5,7H,6H2,1H3,(H,12,17)(H,13,16)(H,14,15). The number of aromatic amines is 1. The Morgan fingerprint density at radius 1 is 1.53 bits per heavy atom. The van der Waals surface area contributed by atoms with Gasteiger partial charge in [-0.1, -0.05) is 0 Å². The van der Waals surface area contributed by atoms with Crippen molar-refractivity contribution >= 4 is 11.6 Å². The van der Waals surface area contributed by atoms with Crippen LogP contribution >= 0.6 is 0 Å². The molecule has 0 unspecified atom stereocenters. The molecule has 0 atom stereocenters. The predicted molar refractivity (Wildman–Crippen MR) is 63.5 cm³/mol. The molecule has 1 amide bonds. The van der Waals surface area contributed by atoms with Crippen LogP contribution in [-0.4, -0.2) is 27.9 Å². The summed E-state index contributed by atoms with van der Waals surface area (Å²) in [4.78, 5) is 22.3. The van der Waals surface area contributed by atoms with E-state index < -0.39 is 0 Å². The first-order valence-corrected chi connectivity index (χ1v) is 5.19. The quantitative estimate of drug-likeness (QED) is 0.726. The van der Waals surface area contributed by atoms with Crippen LogP contribution < -0.4 is 10.6 Å². The van der Waals surface area contributed by atoms with E-state index in [1.54, 1.807) is 31.8 Å². The summed E-state index contributed by atoms with van der Waals surface area (Å²) >= 11 is 0. The summed E-state index contributed by atoms with van der Waals surface area (Å²) in [5.41, 5.74) is 2.21. The van der Waals surface area contributed by atoms with Crippen LogP contribution in [0.2, 0.25) is 0 Å². The molecule has 0 aliphatic carbocycles. The van der Waals surface area contributed by atoms with Crippen molar-refractivity contribution in [2.75, 3.05) is 12.4 Å². The van der Waals surface area contributed by atoms with Crippen molar-refractivity contribution in [2.24, 2.45) is 0 Å². The van der Waals surface area contributed by atoms with E-state index in [0.29, 0.717) is 12.2 Å². The van der Waals surface area contributed by atoms with Gasteiger partial charge in [0.2, 0.25) is 0 Å². The normalized spacial score (nSPS) is 9.94. The average molecular weight is 231 g/mol. The number of hydrogen-bond donors (Lipinski definition) is 3. The van der Waals surface area contributed by atoms with E-state index in [0.717, 1.165) is 11.4 Å². The van der Waals surface area contributed by atoms with E-state index in [1.807, 2.05) is 6.07 Å². The van der Waals surface area contributed by atoms with Gasteiger partial charge in [0.15, 0.2) is 0 Å². The number of H-pyrrole nitrogens is 1. The van der Waals surface area contributed by atoms with Crippen LogP contribution in [0.3, 0.4) is 0 Å². The van der Waals surface area contributed by atoms with E-state index in [4.69, 9.17) is 0 Å². The minimum absolute atomic E-state index is 0.199. The van der Waals surface area contributed by atoms with Gasteiger partial charge in [0, 0.05) is 25.1 Å². The van der Waals surface area contributed by atoms with Gasteiger partial charge in [0.05, 0.1) is 18.6 Å². The van der Waals surface area contributed by atoms with Crippen molar-refractivity contribution in [3.8, 4) is 0 Å². The summed E-state index contributed by atoms with van der Waals surface area (Å²) in [6.07, 6.45) is 4.97. The Balaban J connectivity index is 2.03. The molecule has 6 nitrogen and oxygen atoms in total. The van der Waals surface area contributed by atoms with Gasteiger partial charge in [-0.15, -0.1) is 0 Å². The zero-order valence-electron chi connectivity index (χ0n) is 9.40. The first kappa shape index (κ1) is 11.1. The number of anilines is 1. The zero-order valence-corrected chi connectivity index (χ0v) is 9.40. The second-order valence-corrected chi connectivity index (χ2v) is 3.44. The van der Waals surface area contributed by atoms with Crippen molar-refractivity contribution in [1.82, 2.24) is 20.3 Å². The smallest absolute Gasteiger partial charge is 0.269 e. The maximum Gasteiger partial charge on any atom is 0.269 e. The first-order chi connectivity index (χ1) is 8.29. The topological polar surface area (TPSA) is 82.7 Å². The number of carbonyl (C=O) groups excluding carboxylic acids is 1. The molecule has 3 N–H and O–H groups in total. The van der Waals surface area contributed by atoms with E-state index in [1.165, 1.54) is 0 Å². The van der Waals surface area contributed by atoms with Crippen molar-refractivity contribution in [3.63, 3.8) is 0 Å². The number of amides is 1. The fourth-order valence-electron chi connectivity index (χ4n) is 1.37. The van der Waals surface area contributed by atoms with E-state index in [-0.39, 0.29) is 5.91 Å². The minimum Gasteiger partial charge on any atom is -0.379 e. The Bertz CT molecular complexity index is 494. The Kier molecular flexibility index (Phi) is 3.34. The van der Waals surface area contributed by atoms with E-state index >= 15 is 0 Å². The summed E-state index contributed by atoms with van der Waals surface area (Å²) < 4.78 is 0. The molecule has 0 saturated heterocycles.